The summed E-state index contributed by atoms with van der Waals surface area (Å²) >= 11 is 0. The van der Waals surface area contributed by atoms with Crippen molar-refractivity contribution in [2.24, 2.45) is 5.73 Å². The second kappa shape index (κ2) is 5.32. The molecule has 0 spiro atoms. The predicted octanol–water partition coefficient (Wildman–Crippen LogP) is 0.747. The van der Waals surface area contributed by atoms with Crippen molar-refractivity contribution >= 4 is 11.7 Å². The first-order valence-electron chi connectivity index (χ1n) is 5.70. The van der Waals surface area contributed by atoms with E-state index in [9.17, 15) is 9.18 Å². The average Bonchev–Trinajstić information content (AvgIpc) is 2.38. The number of nitrogens with zero attached hydrogens (tertiary/aromatic N) is 1. The van der Waals surface area contributed by atoms with Crippen molar-refractivity contribution in [3.05, 3.63) is 29.6 Å². The Morgan fingerprint density at radius 2 is 2.11 bits per heavy atom. The van der Waals surface area contributed by atoms with E-state index < -0.39 is 17.8 Å². The SMILES string of the molecule is N[C@H](C(=O)O)c1ccc(N2CCOCC2)c(F)c1. The summed E-state index contributed by atoms with van der Waals surface area (Å²) in [6, 6.07) is 3.10. The van der Waals surface area contributed by atoms with Crippen LogP contribution in [0.15, 0.2) is 18.2 Å². The van der Waals surface area contributed by atoms with Crippen LogP contribution in [0.3, 0.4) is 0 Å². The van der Waals surface area contributed by atoms with Gasteiger partial charge in [0, 0.05) is 13.1 Å². The van der Waals surface area contributed by atoms with E-state index in [0.717, 1.165) is 0 Å². The number of nitrogens with two attached hydrogens (primary N) is 1. The van der Waals surface area contributed by atoms with Gasteiger partial charge in [0.25, 0.3) is 0 Å². The molecule has 2 rings (SSSR count). The number of carboxylic acid groups (broad SMARTS) is 1. The van der Waals surface area contributed by atoms with Gasteiger partial charge in [-0.05, 0) is 17.7 Å². The summed E-state index contributed by atoms with van der Waals surface area (Å²) in [5.74, 6) is -1.63. The molecule has 1 aromatic carbocycles. The summed E-state index contributed by atoms with van der Waals surface area (Å²) in [5, 5.41) is 8.77. The fraction of sp³-hybridized carbons (Fsp3) is 0.417. The molecule has 1 aliphatic rings. The van der Waals surface area contributed by atoms with Gasteiger partial charge < -0.3 is 20.5 Å². The molecule has 1 heterocycles. The van der Waals surface area contributed by atoms with Crippen molar-refractivity contribution in [2.75, 3.05) is 31.2 Å². The van der Waals surface area contributed by atoms with Crippen LogP contribution in [0.25, 0.3) is 0 Å². The van der Waals surface area contributed by atoms with Gasteiger partial charge in [-0.1, -0.05) is 6.07 Å². The molecule has 1 atom stereocenters. The normalized spacial score (nSPS) is 17.6. The zero-order chi connectivity index (χ0) is 13.1. The molecule has 98 valence electrons. The molecule has 3 N–H and O–H groups in total. The number of morpholine rings is 1. The first kappa shape index (κ1) is 12.8. The third-order valence-electron chi connectivity index (χ3n) is 2.95. The molecular formula is C12H15FN2O3. The second-order valence-electron chi connectivity index (χ2n) is 4.13. The third-order valence-corrected chi connectivity index (χ3v) is 2.95. The lowest BCUT2D eigenvalue weighted by Crippen LogP contribution is -2.36. The first-order chi connectivity index (χ1) is 8.59. The summed E-state index contributed by atoms with van der Waals surface area (Å²) in [4.78, 5) is 12.6. The van der Waals surface area contributed by atoms with Gasteiger partial charge in [0.1, 0.15) is 11.9 Å². The number of rotatable bonds is 3. The van der Waals surface area contributed by atoms with Crippen molar-refractivity contribution < 1.29 is 19.0 Å². The van der Waals surface area contributed by atoms with Gasteiger partial charge in [0.15, 0.2) is 0 Å². The number of hydrogen-bond donors (Lipinski definition) is 2. The molecule has 1 fully saturated rings. The van der Waals surface area contributed by atoms with E-state index in [1.807, 2.05) is 4.90 Å². The quantitative estimate of drug-likeness (QED) is 0.832. The van der Waals surface area contributed by atoms with E-state index in [-0.39, 0.29) is 5.56 Å². The zero-order valence-electron chi connectivity index (χ0n) is 9.80. The van der Waals surface area contributed by atoms with Crippen LogP contribution in [-0.2, 0) is 9.53 Å². The molecule has 0 amide bonds. The minimum absolute atomic E-state index is 0.261. The van der Waals surface area contributed by atoms with Gasteiger partial charge >= 0.3 is 5.97 Å². The van der Waals surface area contributed by atoms with Gasteiger partial charge in [-0.15, -0.1) is 0 Å². The molecule has 0 saturated carbocycles. The molecule has 5 nitrogen and oxygen atoms in total. The fourth-order valence-corrected chi connectivity index (χ4v) is 1.92. The highest BCUT2D eigenvalue weighted by Crippen LogP contribution is 2.23. The maximum absolute atomic E-state index is 13.9. The van der Waals surface area contributed by atoms with Crippen molar-refractivity contribution in [1.82, 2.24) is 0 Å². The maximum Gasteiger partial charge on any atom is 0.325 e. The molecule has 0 aromatic heterocycles. The molecule has 6 heteroatoms. The summed E-state index contributed by atoms with van der Waals surface area (Å²) in [5.41, 5.74) is 6.15. The van der Waals surface area contributed by atoms with Crippen molar-refractivity contribution in [3.63, 3.8) is 0 Å². The van der Waals surface area contributed by atoms with Gasteiger partial charge in [-0.25, -0.2) is 4.39 Å². The predicted molar refractivity (Wildman–Crippen MR) is 64.0 cm³/mol. The Balaban J connectivity index is 2.21. The number of benzene rings is 1. The number of anilines is 1. The molecule has 1 aliphatic heterocycles. The molecule has 0 aliphatic carbocycles. The minimum atomic E-state index is -1.20. The standard InChI is InChI=1S/C12H15FN2O3/c13-9-7-8(11(14)12(16)17)1-2-10(9)15-3-5-18-6-4-15/h1-2,7,11H,3-6,14H2,(H,16,17)/t11-/m0/s1. The highest BCUT2D eigenvalue weighted by Gasteiger charge is 2.19. The highest BCUT2D eigenvalue weighted by molar-refractivity contribution is 5.75. The average molecular weight is 254 g/mol. The maximum atomic E-state index is 13.9. The Morgan fingerprint density at radius 1 is 1.44 bits per heavy atom. The van der Waals surface area contributed by atoms with Gasteiger partial charge in [0.05, 0.1) is 18.9 Å². The van der Waals surface area contributed by atoms with E-state index in [4.69, 9.17) is 15.6 Å². The van der Waals surface area contributed by atoms with E-state index in [2.05, 4.69) is 0 Å². The molecule has 0 unspecified atom stereocenters. The highest BCUT2D eigenvalue weighted by atomic mass is 19.1. The van der Waals surface area contributed by atoms with Crippen molar-refractivity contribution in [3.8, 4) is 0 Å². The lowest BCUT2D eigenvalue weighted by Gasteiger charge is -2.29. The fourth-order valence-electron chi connectivity index (χ4n) is 1.92. The molecule has 0 bridgehead atoms. The monoisotopic (exact) mass is 254 g/mol. The first-order valence-corrected chi connectivity index (χ1v) is 5.70. The van der Waals surface area contributed by atoms with Crippen LogP contribution in [-0.4, -0.2) is 37.4 Å². The van der Waals surface area contributed by atoms with E-state index >= 15 is 0 Å². The van der Waals surface area contributed by atoms with Crippen LogP contribution in [0.2, 0.25) is 0 Å². The number of hydrogen-bond acceptors (Lipinski definition) is 4. The number of aliphatic carboxylic acids is 1. The van der Waals surface area contributed by atoms with E-state index in [1.165, 1.54) is 6.07 Å². The zero-order valence-corrected chi connectivity index (χ0v) is 9.80. The van der Waals surface area contributed by atoms with Crippen LogP contribution in [0.4, 0.5) is 10.1 Å². The lowest BCUT2D eigenvalue weighted by atomic mass is 10.1. The smallest absolute Gasteiger partial charge is 0.325 e. The van der Waals surface area contributed by atoms with Gasteiger partial charge in [0.2, 0.25) is 0 Å². The number of halogens is 1. The minimum Gasteiger partial charge on any atom is -0.480 e. The summed E-state index contributed by atoms with van der Waals surface area (Å²) in [7, 11) is 0. The Labute approximate surface area is 104 Å². The van der Waals surface area contributed by atoms with Crippen LogP contribution in [0.1, 0.15) is 11.6 Å². The molecule has 1 saturated heterocycles. The van der Waals surface area contributed by atoms with E-state index in [1.54, 1.807) is 12.1 Å². The number of carbonyl (C=O) groups is 1. The summed E-state index contributed by atoms with van der Waals surface area (Å²) < 4.78 is 19.1. The lowest BCUT2D eigenvalue weighted by molar-refractivity contribution is -0.138. The topological polar surface area (TPSA) is 75.8 Å². The summed E-state index contributed by atoms with van der Waals surface area (Å²) in [6.45, 7) is 2.38. The van der Waals surface area contributed by atoms with Crippen LogP contribution >= 0.6 is 0 Å². The van der Waals surface area contributed by atoms with Crippen LogP contribution in [0, 0.1) is 5.82 Å². The number of ether oxygens (including phenoxy) is 1. The Hall–Kier alpha value is -1.66. The summed E-state index contributed by atoms with van der Waals surface area (Å²) in [6.07, 6.45) is 0. The van der Waals surface area contributed by atoms with E-state index in [0.29, 0.717) is 32.0 Å². The Bertz CT molecular complexity index is 447. The Kier molecular flexibility index (Phi) is 3.78. The third kappa shape index (κ3) is 2.60. The second-order valence-corrected chi connectivity index (χ2v) is 4.13. The largest absolute Gasteiger partial charge is 0.480 e. The molecule has 18 heavy (non-hydrogen) atoms. The van der Waals surface area contributed by atoms with Crippen LogP contribution < -0.4 is 10.6 Å². The van der Waals surface area contributed by atoms with Gasteiger partial charge in [-0.2, -0.15) is 0 Å². The Morgan fingerprint density at radius 3 is 2.67 bits per heavy atom. The van der Waals surface area contributed by atoms with Crippen LogP contribution in [0.5, 0.6) is 0 Å². The van der Waals surface area contributed by atoms with Crippen molar-refractivity contribution in [2.45, 2.75) is 6.04 Å². The number of carboxylic acids is 1. The van der Waals surface area contributed by atoms with Gasteiger partial charge in [-0.3, -0.25) is 4.79 Å². The molecular weight excluding hydrogens is 239 g/mol. The van der Waals surface area contributed by atoms with Crippen molar-refractivity contribution in [1.29, 1.82) is 0 Å². The molecule has 1 aromatic rings. The molecule has 0 radical (unpaired) electrons.